The third kappa shape index (κ3) is 4.32. The zero-order valence-corrected chi connectivity index (χ0v) is 15.3. The van der Waals surface area contributed by atoms with Crippen LogP contribution in [0.2, 0.25) is 0 Å². The minimum atomic E-state index is -4.41. The molecule has 3 heterocycles. The molecule has 2 aromatic rings. The van der Waals surface area contributed by atoms with Gasteiger partial charge in [0.2, 0.25) is 0 Å². The van der Waals surface area contributed by atoms with Gasteiger partial charge in [-0.1, -0.05) is 6.92 Å². The predicted molar refractivity (Wildman–Crippen MR) is 92.0 cm³/mol. The first-order valence-electron chi connectivity index (χ1n) is 8.30. The number of halogens is 3. The summed E-state index contributed by atoms with van der Waals surface area (Å²) in [6.45, 7) is 2.88. The van der Waals surface area contributed by atoms with Gasteiger partial charge in [0.25, 0.3) is 0 Å². The monoisotopic (exact) mass is 387 g/mol. The van der Waals surface area contributed by atoms with Crippen molar-refractivity contribution in [2.24, 2.45) is 4.99 Å². The quantitative estimate of drug-likeness (QED) is 0.620. The van der Waals surface area contributed by atoms with Crippen molar-refractivity contribution < 1.29 is 13.2 Å². The van der Waals surface area contributed by atoms with E-state index in [1.165, 1.54) is 0 Å². The van der Waals surface area contributed by atoms with Crippen molar-refractivity contribution >= 4 is 17.3 Å². The van der Waals surface area contributed by atoms with Gasteiger partial charge in [-0.15, -0.1) is 11.3 Å². The number of nitrogens with zero attached hydrogens (tertiary/aromatic N) is 5. The number of thiazole rings is 1. The third-order valence-electron chi connectivity index (χ3n) is 4.03. The lowest BCUT2D eigenvalue weighted by atomic mass is 10.1. The second kappa shape index (κ2) is 7.60. The molecule has 1 aliphatic rings. The molecule has 0 spiro atoms. The van der Waals surface area contributed by atoms with E-state index in [4.69, 9.17) is 0 Å². The Kier molecular flexibility index (Phi) is 5.44. The second-order valence-electron chi connectivity index (χ2n) is 5.91. The molecule has 0 saturated heterocycles. The third-order valence-corrected chi connectivity index (χ3v) is 4.88. The van der Waals surface area contributed by atoms with E-state index in [-0.39, 0.29) is 12.6 Å². The van der Waals surface area contributed by atoms with Gasteiger partial charge >= 0.3 is 6.18 Å². The molecule has 1 unspecified atom stereocenters. The average molecular weight is 387 g/mol. The molecule has 0 saturated carbocycles. The fourth-order valence-corrected chi connectivity index (χ4v) is 3.44. The van der Waals surface area contributed by atoms with Crippen LogP contribution in [-0.2, 0) is 32.1 Å². The van der Waals surface area contributed by atoms with E-state index in [9.17, 15) is 13.2 Å². The van der Waals surface area contributed by atoms with Crippen LogP contribution in [0.1, 0.15) is 35.7 Å². The van der Waals surface area contributed by atoms with Gasteiger partial charge in [0, 0.05) is 31.3 Å². The number of fused-ring (bicyclic) bond motifs is 1. The van der Waals surface area contributed by atoms with Gasteiger partial charge in [-0.2, -0.15) is 18.3 Å². The summed E-state index contributed by atoms with van der Waals surface area (Å²) in [5.41, 5.74) is -0.861. The Balaban J connectivity index is 1.54. The molecule has 3 rings (SSSR count). The Hall–Kier alpha value is -2.17. The zero-order chi connectivity index (χ0) is 18.7. The normalized spacial score (nSPS) is 17.9. The average Bonchev–Trinajstić information content (AvgIpc) is 3.24. The summed E-state index contributed by atoms with van der Waals surface area (Å²) < 4.78 is 39.7. The molecule has 2 N–H and O–H groups in total. The van der Waals surface area contributed by atoms with Crippen LogP contribution in [0.25, 0.3) is 0 Å². The Morgan fingerprint density at radius 3 is 2.88 bits per heavy atom. The van der Waals surface area contributed by atoms with Gasteiger partial charge in [0.15, 0.2) is 17.5 Å². The maximum Gasteiger partial charge on any atom is 0.434 e. The summed E-state index contributed by atoms with van der Waals surface area (Å²) in [5.74, 6) is 2.36. The van der Waals surface area contributed by atoms with Crippen molar-refractivity contribution in [3.8, 4) is 0 Å². The first-order chi connectivity index (χ1) is 12.4. The fourth-order valence-electron chi connectivity index (χ4n) is 2.70. The van der Waals surface area contributed by atoms with Crippen LogP contribution in [0, 0.1) is 0 Å². The largest absolute Gasteiger partial charge is 0.434 e. The number of aryl methyl sites for hydroxylation is 2. The molecule has 2 aromatic heterocycles. The molecule has 7 nitrogen and oxygen atoms in total. The Morgan fingerprint density at radius 1 is 1.42 bits per heavy atom. The highest BCUT2D eigenvalue weighted by molar-refractivity contribution is 7.09. The highest BCUT2D eigenvalue weighted by atomic mass is 32.1. The van der Waals surface area contributed by atoms with E-state index in [0.29, 0.717) is 17.5 Å². The minimum absolute atomic E-state index is 0.127. The van der Waals surface area contributed by atoms with Crippen LogP contribution in [0.5, 0.6) is 0 Å². The number of hydrogen-bond donors (Lipinski definition) is 2. The second-order valence-corrected chi connectivity index (χ2v) is 6.85. The Bertz CT molecular complexity index is 781. The molecule has 142 valence electrons. The summed E-state index contributed by atoms with van der Waals surface area (Å²) in [6, 6.07) is 0.127. The molecule has 0 bridgehead atoms. The van der Waals surface area contributed by atoms with E-state index >= 15 is 0 Å². The topological polar surface area (TPSA) is 80.0 Å². The molecular formula is C15H20F3N7S. The SMILES string of the molecule is CCc1nc2n(n1)CC(NC(=NC)NCc1nc(C(F)(F)F)cs1)CC2. The lowest BCUT2D eigenvalue weighted by Gasteiger charge is -2.25. The molecule has 26 heavy (non-hydrogen) atoms. The number of hydrogen-bond acceptors (Lipinski definition) is 5. The molecule has 1 aliphatic heterocycles. The number of nitrogens with one attached hydrogen (secondary N) is 2. The van der Waals surface area contributed by atoms with Gasteiger partial charge in [-0.05, 0) is 6.42 Å². The first-order valence-corrected chi connectivity index (χ1v) is 9.18. The molecule has 11 heteroatoms. The highest BCUT2D eigenvalue weighted by Crippen LogP contribution is 2.29. The summed E-state index contributed by atoms with van der Waals surface area (Å²) in [4.78, 5) is 12.2. The van der Waals surface area contributed by atoms with Crippen LogP contribution in [0.15, 0.2) is 10.4 Å². The maximum absolute atomic E-state index is 12.6. The van der Waals surface area contributed by atoms with Crippen LogP contribution < -0.4 is 10.6 Å². The van der Waals surface area contributed by atoms with Crippen molar-refractivity contribution in [1.29, 1.82) is 0 Å². The lowest BCUT2D eigenvalue weighted by molar-refractivity contribution is -0.140. The molecule has 0 aliphatic carbocycles. The Labute approximate surface area is 152 Å². The lowest BCUT2D eigenvalue weighted by Crippen LogP contribution is -2.46. The standard InChI is InChI=1S/C15H20F3N7S/c1-3-11-23-12-5-4-9(7-25(12)24-11)21-14(19-2)20-6-13-22-10(8-26-13)15(16,17)18/h8-9H,3-7H2,1-2H3,(H2,19,20,21). The number of guanidine groups is 1. The van der Waals surface area contributed by atoms with Crippen LogP contribution in [0.3, 0.4) is 0 Å². The molecular weight excluding hydrogens is 367 g/mol. The van der Waals surface area contributed by atoms with Crippen molar-refractivity contribution in [2.75, 3.05) is 7.05 Å². The molecule has 0 fully saturated rings. The molecule has 0 aromatic carbocycles. The van der Waals surface area contributed by atoms with Crippen molar-refractivity contribution in [3.05, 3.63) is 27.7 Å². The van der Waals surface area contributed by atoms with E-state index in [2.05, 4.69) is 30.7 Å². The van der Waals surface area contributed by atoms with Gasteiger partial charge in [0.05, 0.1) is 13.1 Å². The van der Waals surface area contributed by atoms with E-state index in [1.807, 2.05) is 11.6 Å². The van der Waals surface area contributed by atoms with Gasteiger partial charge in [-0.3, -0.25) is 4.99 Å². The maximum atomic E-state index is 12.6. The minimum Gasteiger partial charge on any atom is -0.352 e. The van der Waals surface area contributed by atoms with Gasteiger partial charge in [0.1, 0.15) is 10.8 Å². The van der Waals surface area contributed by atoms with Gasteiger partial charge in [-0.25, -0.2) is 14.6 Å². The molecule has 1 atom stereocenters. The number of aliphatic imine (C=N–C) groups is 1. The van der Waals surface area contributed by atoms with Crippen molar-refractivity contribution in [3.63, 3.8) is 0 Å². The van der Waals surface area contributed by atoms with Gasteiger partial charge < -0.3 is 10.6 Å². The van der Waals surface area contributed by atoms with Crippen LogP contribution >= 0.6 is 11.3 Å². The summed E-state index contributed by atoms with van der Waals surface area (Å²) in [5, 5.41) is 12.1. The Morgan fingerprint density at radius 2 is 2.23 bits per heavy atom. The smallest absolute Gasteiger partial charge is 0.352 e. The predicted octanol–water partition coefficient (Wildman–Crippen LogP) is 2.00. The van der Waals surface area contributed by atoms with Crippen molar-refractivity contribution in [2.45, 2.75) is 51.5 Å². The number of aromatic nitrogens is 4. The number of rotatable bonds is 4. The molecule has 0 radical (unpaired) electrons. The summed E-state index contributed by atoms with van der Waals surface area (Å²) in [6.07, 6.45) is -1.90. The fraction of sp³-hybridized carbons (Fsp3) is 0.600. The highest BCUT2D eigenvalue weighted by Gasteiger charge is 2.33. The van der Waals surface area contributed by atoms with E-state index in [0.717, 1.165) is 47.6 Å². The van der Waals surface area contributed by atoms with Crippen molar-refractivity contribution in [1.82, 2.24) is 30.4 Å². The zero-order valence-electron chi connectivity index (χ0n) is 14.5. The van der Waals surface area contributed by atoms with Crippen LogP contribution in [-0.4, -0.2) is 38.8 Å². The number of alkyl halides is 3. The summed E-state index contributed by atoms with van der Waals surface area (Å²) in [7, 11) is 1.62. The van der Waals surface area contributed by atoms with E-state index in [1.54, 1.807) is 7.05 Å². The first kappa shape index (κ1) is 18.6. The van der Waals surface area contributed by atoms with Crippen LogP contribution in [0.4, 0.5) is 13.2 Å². The summed E-state index contributed by atoms with van der Waals surface area (Å²) >= 11 is 0.972. The molecule has 0 amide bonds. The van der Waals surface area contributed by atoms with E-state index < -0.39 is 11.9 Å².